The van der Waals surface area contributed by atoms with Crippen LogP contribution >= 0.6 is 27.5 Å². The van der Waals surface area contributed by atoms with Gasteiger partial charge in [-0.2, -0.15) is 0 Å². The molecule has 2 aromatic rings. The molecule has 0 bridgehead atoms. The summed E-state index contributed by atoms with van der Waals surface area (Å²) in [5, 5.41) is 11.0. The fourth-order valence-electron chi connectivity index (χ4n) is 6.45. The number of hydrogen-bond donors (Lipinski definition) is 1. The van der Waals surface area contributed by atoms with Crippen LogP contribution in [0.2, 0.25) is 5.02 Å². The smallest absolute Gasteiger partial charge is 0.238 e. The van der Waals surface area contributed by atoms with Crippen molar-refractivity contribution in [2.75, 3.05) is 12.0 Å². The molecule has 2 aromatic carbocycles. The van der Waals surface area contributed by atoms with Gasteiger partial charge in [-0.1, -0.05) is 35.4 Å². The van der Waals surface area contributed by atoms with Crippen molar-refractivity contribution in [3.05, 3.63) is 85.9 Å². The first-order valence-electron chi connectivity index (χ1n) is 12.5. The number of ketones is 2. The van der Waals surface area contributed by atoms with Gasteiger partial charge >= 0.3 is 0 Å². The van der Waals surface area contributed by atoms with E-state index in [2.05, 4.69) is 15.9 Å². The molecule has 0 aromatic heterocycles. The van der Waals surface area contributed by atoms with Crippen LogP contribution in [-0.2, 0) is 19.2 Å². The number of anilines is 1. The maximum atomic E-state index is 13.9. The zero-order valence-corrected chi connectivity index (χ0v) is 23.4. The highest BCUT2D eigenvalue weighted by Crippen LogP contribution is 2.56. The summed E-state index contributed by atoms with van der Waals surface area (Å²) < 4.78 is 5.35. The average molecular weight is 609 g/mol. The number of ether oxygens (including phenoxy) is 1. The standard InChI is InChI=1S/C30H23BrClNO6/c1-13-3-5-15(10-21(13)32)33-29(37)17-7-6-16-18(26(17)30(33)38)11-19-27(23(35)12-20(31)28(19)36)25(16)14-4-8-24(39-2)22(34)9-14/h3-6,8-10,12,17-18,25-26,34H,7,11H2,1-2H3/t17-,18+,25-,26-/m0/s1. The molecule has 1 aliphatic heterocycles. The summed E-state index contributed by atoms with van der Waals surface area (Å²) in [6, 6.07) is 9.97. The second-order valence-corrected chi connectivity index (χ2v) is 11.5. The van der Waals surface area contributed by atoms with Crippen LogP contribution in [0.4, 0.5) is 5.69 Å². The predicted molar refractivity (Wildman–Crippen MR) is 148 cm³/mol. The molecule has 39 heavy (non-hydrogen) atoms. The second kappa shape index (κ2) is 9.31. The molecular weight excluding hydrogens is 586 g/mol. The number of carbonyl (C=O) groups excluding carboxylic acids is 4. The molecule has 4 aliphatic rings. The van der Waals surface area contributed by atoms with Gasteiger partial charge in [-0.3, -0.25) is 19.2 Å². The van der Waals surface area contributed by atoms with Gasteiger partial charge in [-0.25, -0.2) is 4.90 Å². The van der Waals surface area contributed by atoms with E-state index in [1.807, 2.05) is 13.0 Å². The first kappa shape index (κ1) is 25.8. The highest BCUT2D eigenvalue weighted by atomic mass is 79.9. The Balaban J connectivity index is 1.48. The van der Waals surface area contributed by atoms with Crippen LogP contribution in [0.1, 0.15) is 29.9 Å². The van der Waals surface area contributed by atoms with Crippen molar-refractivity contribution in [1.82, 2.24) is 0 Å². The van der Waals surface area contributed by atoms with Crippen molar-refractivity contribution in [2.45, 2.75) is 25.7 Å². The molecule has 1 heterocycles. The molecule has 1 N–H and O–H groups in total. The number of rotatable bonds is 3. The number of hydrogen-bond acceptors (Lipinski definition) is 6. The summed E-state index contributed by atoms with van der Waals surface area (Å²) in [6.45, 7) is 1.84. The van der Waals surface area contributed by atoms with Gasteiger partial charge in [0.05, 0.1) is 29.1 Å². The van der Waals surface area contributed by atoms with E-state index >= 15 is 0 Å². The van der Waals surface area contributed by atoms with Crippen molar-refractivity contribution in [3.63, 3.8) is 0 Å². The number of phenols is 1. The zero-order chi connectivity index (χ0) is 27.7. The second-order valence-electron chi connectivity index (χ2n) is 10.3. The number of amides is 2. The fraction of sp³-hybridized carbons (Fsp3) is 0.267. The monoisotopic (exact) mass is 607 g/mol. The molecule has 4 atom stereocenters. The Bertz CT molecular complexity index is 1600. The fourth-order valence-corrected chi connectivity index (χ4v) is 7.07. The zero-order valence-electron chi connectivity index (χ0n) is 21.0. The Kier molecular flexibility index (Phi) is 6.15. The number of Topliss-reactive ketones (excluding diaryl/α,β-unsaturated/α-hetero) is 1. The van der Waals surface area contributed by atoms with E-state index < -0.39 is 23.7 Å². The lowest BCUT2D eigenvalue weighted by atomic mass is 9.59. The number of fused-ring (bicyclic) bond motifs is 3. The molecule has 0 radical (unpaired) electrons. The molecule has 7 nitrogen and oxygen atoms in total. The number of aryl methyl sites for hydroxylation is 1. The predicted octanol–water partition coefficient (Wildman–Crippen LogP) is 5.33. The normalized spacial score (nSPS) is 26.2. The highest BCUT2D eigenvalue weighted by molar-refractivity contribution is 9.12. The Morgan fingerprint density at radius 3 is 2.51 bits per heavy atom. The summed E-state index contributed by atoms with van der Waals surface area (Å²) >= 11 is 9.54. The van der Waals surface area contributed by atoms with Gasteiger partial charge in [0, 0.05) is 28.2 Å². The molecule has 6 rings (SSSR count). The Hall–Kier alpha value is -3.49. The molecule has 0 saturated carbocycles. The van der Waals surface area contributed by atoms with Crippen LogP contribution in [0.5, 0.6) is 11.5 Å². The van der Waals surface area contributed by atoms with E-state index in [0.717, 1.165) is 11.1 Å². The lowest BCUT2D eigenvalue weighted by molar-refractivity contribution is -0.123. The molecule has 1 saturated heterocycles. The van der Waals surface area contributed by atoms with Gasteiger partial charge in [-0.05, 0) is 77.0 Å². The third-order valence-corrected chi connectivity index (χ3v) is 9.28. The number of carbonyl (C=O) groups is 4. The van der Waals surface area contributed by atoms with E-state index in [9.17, 15) is 24.3 Å². The van der Waals surface area contributed by atoms with Gasteiger partial charge in [0.25, 0.3) is 0 Å². The minimum atomic E-state index is -0.700. The molecule has 2 amide bonds. The van der Waals surface area contributed by atoms with E-state index in [0.29, 0.717) is 33.8 Å². The number of methoxy groups -OCH3 is 1. The summed E-state index contributed by atoms with van der Waals surface area (Å²) in [7, 11) is 1.44. The summed E-state index contributed by atoms with van der Waals surface area (Å²) in [5.74, 6) is -3.51. The van der Waals surface area contributed by atoms with Crippen molar-refractivity contribution < 1.29 is 29.0 Å². The van der Waals surface area contributed by atoms with Crippen LogP contribution in [0.3, 0.4) is 0 Å². The van der Waals surface area contributed by atoms with Gasteiger partial charge in [0.2, 0.25) is 11.8 Å². The SMILES string of the molecule is COc1ccc([C@H]2C3=CC[C@@H]4C(=O)N(c5ccc(C)c(Cl)c5)C(=O)[C@@H]4[C@@H]3CC3=C2C(=O)C=C(Br)C3=O)cc1O. The number of phenolic OH excluding ortho intramolecular Hbond substituents is 1. The molecular formula is C30H23BrClNO6. The minimum absolute atomic E-state index is 0.102. The van der Waals surface area contributed by atoms with E-state index in [1.54, 1.807) is 30.3 Å². The Morgan fingerprint density at radius 1 is 1.05 bits per heavy atom. The van der Waals surface area contributed by atoms with Gasteiger partial charge in [0.15, 0.2) is 23.1 Å². The Morgan fingerprint density at radius 2 is 1.82 bits per heavy atom. The van der Waals surface area contributed by atoms with Crippen LogP contribution in [-0.4, -0.2) is 35.6 Å². The summed E-state index contributed by atoms with van der Waals surface area (Å²) in [6.07, 6.45) is 3.69. The molecule has 0 unspecified atom stereocenters. The average Bonchev–Trinajstić information content (AvgIpc) is 3.17. The number of nitrogens with zero attached hydrogens (tertiary/aromatic N) is 1. The maximum absolute atomic E-state index is 13.9. The first-order chi connectivity index (χ1) is 18.6. The third-order valence-electron chi connectivity index (χ3n) is 8.28. The third kappa shape index (κ3) is 3.84. The molecule has 9 heteroatoms. The maximum Gasteiger partial charge on any atom is 0.238 e. The van der Waals surface area contributed by atoms with Crippen molar-refractivity contribution in [3.8, 4) is 11.5 Å². The van der Waals surface area contributed by atoms with E-state index in [4.69, 9.17) is 16.3 Å². The largest absolute Gasteiger partial charge is 0.504 e. The Labute approximate surface area is 237 Å². The molecule has 1 fully saturated rings. The molecule has 0 spiro atoms. The van der Waals surface area contributed by atoms with Gasteiger partial charge in [0.1, 0.15) is 0 Å². The summed E-state index contributed by atoms with van der Waals surface area (Å²) in [4.78, 5) is 55.4. The van der Waals surface area contributed by atoms with E-state index in [1.165, 1.54) is 24.2 Å². The lowest BCUT2D eigenvalue weighted by Crippen LogP contribution is -2.39. The van der Waals surface area contributed by atoms with Crippen molar-refractivity contribution in [2.24, 2.45) is 17.8 Å². The van der Waals surface area contributed by atoms with Crippen LogP contribution in [0, 0.1) is 24.7 Å². The number of halogens is 2. The first-order valence-corrected chi connectivity index (χ1v) is 13.7. The van der Waals surface area contributed by atoms with Gasteiger partial charge in [-0.15, -0.1) is 0 Å². The quantitative estimate of drug-likeness (QED) is 0.287. The minimum Gasteiger partial charge on any atom is -0.504 e. The van der Waals surface area contributed by atoms with Crippen LogP contribution in [0.15, 0.2) is 69.8 Å². The highest BCUT2D eigenvalue weighted by Gasteiger charge is 2.56. The van der Waals surface area contributed by atoms with Crippen LogP contribution < -0.4 is 9.64 Å². The number of imide groups is 1. The van der Waals surface area contributed by atoms with Crippen molar-refractivity contribution in [1.29, 1.82) is 0 Å². The molecule has 3 aliphatic carbocycles. The molecule has 198 valence electrons. The number of benzene rings is 2. The number of allylic oxidation sites excluding steroid dienone is 6. The van der Waals surface area contributed by atoms with Crippen LogP contribution in [0.25, 0.3) is 0 Å². The van der Waals surface area contributed by atoms with Gasteiger partial charge < -0.3 is 9.84 Å². The topological polar surface area (TPSA) is 101 Å². The van der Waals surface area contributed by atoms with Crippen molar-refractivity contribution >= 4 is 56.6 Å². The van der Waals surface area contributed by atoms with E-state index in [-0.39, 0.29) is 45.8 Å². The summed E-state index contributed by atoms with van der Waals surface area (Å²) in [5.41, 5.74) is 3.32. The number of aromatic hydroxyl groups is 1. The lowest BCUT2D eigenvalue weighted by Gasteiger charge is -2.42.